The Labute approximate surface area is 108 Å². The maximum atomic E-state index is 6.04. The van der Waals surface area contributed by atoms with Gasteiger partial charge in [-0.3, -0.25) is 0 Å². The normalized spacial score (nSPS) is 24.6. The maximum absolute atomic E-state index is 6.04. The summed E-state index contributed by atoms with van der Waals surface area (Å²) in [4.78, 5) is 4.68. The Bertz CT molecular complexity index is 566. The predicted octanol–water partition coefficient (Wildman–Crippen LogP) is 1.78. The lowest BCUT2D eigenvalue weighted by atomic mass is 10.0. The molecule has 4 nitrogen and oxygen atoms in total. The number of aromatic nitrogens is 2. The van der Waals surface area contributed by atoms with Crippen molar-refractivity contribution in [3.8, 4) is 0 Å². The number of nitrogens with zero attached hydrogens (tertiary/aromatic N) is 2. The average molecular weight is 296 g/mol. The molecule has 0 bridgehead atoms. The Kier molecular flexibility index (Phi) is 2.69. The quantitative estimate of drug-likeness (QED) is 0.872. The molecular formula is C12H14BrN3O. The van der Waals surface area contributed by atoms with E-state index in [4.69, 9.17) is 10.5 Å². The van der Waals surface area contributed by atoms with E-state index < -0.39 is 0 Å². The van der Waals surface area contributed by atoms with Gasteiger partial charge in [-0.1, -0.05) is 15.9 Å². The number of hydrogen-bond acceptors (Lipinski definition) is 3. The van der Waals surface area contributed by atoms with Crippen molar-refractivity contribution in [3.63, 3.8) is 0 Å². The van der Waals surface area contributed by atoms with E-state index in [1.165, 1.54) is 0 Å². The molecule has 90 valence electrons. The summed E-state index contributed by atoms with van der Waals surface area (Å²) in [7, 11) is 2.03. The fourth-order valence-corrected chi connectivity index (χ4v) is 2.71. The van der Waals surface area contributed by atoms with Gasteiger partial charge < -0.3 is 15.0 Å². The third kappa shape index (κ3) is 1.78. The van der Waals surface area contributed by atoms with Crippen LogP contribution in [0.1, 0.15) is 11.7 Å². The molecule has 0 radical (unpaired) electrons. The fourth-order valence-electron chi connectivity index (χ4n) is 2.36. The Hall–Kier alpha value is -0.910. The van der Waals surface area contributed by atoms with Crippen molar-refractivity contribution in [3.05, 3.63) is 28.5 Å². The van der Waals surface area contributed by atoms with Gasteiger partial charge in [-0.05, 0) is 18.2 Å². The van der Waals surface area contributed by atoms with Crippen LogP contribution in [0.25, 0.3) is 11.0 Å². The van der Waals surface area contributed by atoms with Crippen molar-refractivity contribution in [1.29, 1.82) is 0 Å². The van der Waals surface area contributed by atoms with Crippen molar-refractivity contribution >= 4 is 27.0 Å². The van der Waals surface area contributed by atoms with Crippen LogP contribution in [0.2, 0.25) is 0 Å². The van der Waals surface area contributed by atoms with Crippen molar-refractivity contribution in [2.75, 3.05) is 13.2 Å². The minimum Gasteiger partial charge on any atom is -0.379 e. The van der Waals surface area contributed by atoms with Crippen molar-refractivity contribution in [1.82, 2.24) is 9.55 Å². The first-order valence-electron chi connectivity index (χ1n) is 5.62. The molecule has 2 atom stereocenters. The third-order valence-corrected chi connectivity index (χ3v) is 3.83. The van der Waals surface area contributed by atoms with Crippen LogP contribution >= 0.6 is 15.9 Å². The number of rotatable bonds is 1. The molecule has 1 aliphatic rings. The zero-order chi connectivity index (χ0) is 12.0. The van der Waals surface area contributed by atoms with Gasteiger partial charge in [0.1, 0.15) is 5.82 Å². The van der Waals surface area contributed by atoms with Gasteiger partial charge in [-0.25, -0.2) is 4.98 Å². The minimum absolute atomic E-state index is 0.0500. The van der Waals surface area contributed by atoms with Crippen LogP contribution in [0.15, 0.2) is 22.7 Å². The van der Waals surface area contributed by atoms with Gasteiger partial charge in [-0.15, -0.1) is 0 Å². The highest BCUT2D eigenvalue weighted by atomic mass is 79.9. The molecule has 0 amide bonds. The molecule has 1 aliphatic heterocycles. The van der Waals surface area contributed by atoms with Crippen molar-refractivity contribution < 1.29 is 4.74 Å². The summed E-state index contributed by atoms with van der Waals surface area (Å²) in [6, 6.07) is 6.17. The lowest BCUT2D eigenvalue weighted by molar-refractivity contribution is 0.190. The highest BCUT2D eigenvalue weighted by Crippen LogP contribution is 2.27. The molecule has 17 heavy (non-hydrogen) atoms. The van der Waals surface area contributed by atoms with Gasteiger partial charge in [0.15, 0.2) is 0 Å². The second-order valence-corrected chi connectivity index (χ2v) is 5.39. The Morgan fingerprint density at radius 1 is 1.47 bits per heavy atom. The summed E-state index contributed by atoms with van der Waals surface area (Å²) >= 11 is 3.46. The molecule has 2 heterocycles. The number of fused-ring (bicyclic) bond motifs is 1. The lowest BCUT2D eigenvalue weighted by Gasteiger charge is -2.12. The van der Waals surface area contributed by atoms with Crippen molar-refractivity contribution in [2.45, 2.75) is 12.0 Å². The second-order valence-electron chi connectivity index (χ2n) is 4.47. The van der Waals surface area contributed by atoms with Crippen LogP contribution < -0.4 is 5.73 Å². The smallest absolute Gasteiger partial charge is 0.116 e. The van der Waals surface area contributed by atoms with Crippen LogP contribution in [0.5, 0.6) is 0 Å². The van der Waals surface area contributed by atoms with E-state index in [2.05, 4.69) is 31.5 Å². The molecule has 0 saturated carbocycles. The Balaban J connectivity index is 2.14. The van der Waals surface area contributed by atoms with E-state index in [1.807, 2.05) is 19.2 Å². The summed E-state index contributed by atoms with van der Waals surface area (Å²) in [5.41, 5.74) is 8.17. The van der Waals surface area contributed by atoms with E-state index >= 15 is 0 Å². The molecule has 2 unspecified atom stereocenters. The molecule has 2 aromatic rings. The van der Waals surface area contributed by atoms with Gasteiger partial charge in [-0.2, -0.15) is 0 Å². The fraction of sp³-hybridized carbons (Fsp3) is 0.417. The number of benzene rings is 1. The summed E-state index contributed by atoms with van der Waals surface area (Å²) in [5.74, 6) is 1.22. The molecule has 0 spiro atoms. The molecule has 1 aromatic heterocycles. The third-order valence-electron chi connectivity index (χ3n) is 3.33. The molecule has 1 aromatic carbocycles. The highest BCUT2D eigenvalue weighted by molar-refractivity contribution is 9.10. The molecule has 3 rings (SSSR count). The van der Waals surface area contributed by atoms with E-state index in [0.717, 1.165) is 21.3 Å². The first kappa shape index (κ1) is 11.2. The standard InChI is InChI=1S/C12H14BrN3O/c1-16-11-3-2-7(13)4-10(11)15-12(16)8-5-17-6-9(8)14/h2-4,8-9H,5-6,14H2,1H3. The molecule has 1 fully saturated rings. The first-order valence-corrected chi connectivity index (χ1v) is 6.41. The monoisotopic (exact) mass is 295 g/mol. The van der Waals surface area contributed by atoms with Crippen LogP contribution in [0.3, 0.4) is 0 Å². The van der Waals surface area contributed by atoms with Crippen LogP contribution in [0, 0.1) is 0 Å². The zero-order valence-electron chi connectivity index (χ0n) is 9.56. The van der Waals surface area contributed by atoms with Gasteiger partial charge >= 0.3 is 0 Å². The van der Waals surface area contributed by atoms with E-state index in [0.29, 0.717) is 13.2 Å². The summed E-state index contributed by atoms with van der Waals surface area (Å²) in [5, 5.41) is 0. The summed E-state index contributed by atoms with van der Waals surface area (Å²) in [6.07, 6.45) is 0. The number of hydrogen-bond donors (Lipinski definition) is 1. The first-order chi connectivity index (χ1) is 8.16. The number of nitrogens with two attached hydrogens (primary N) is 1. The number of halogens is 1. The van der Waals surface area contributed by atoms with E-state index in [-0.39, 0.29) is 12.0 Å². The van der Waals surface area contributed by atoms with E-state index in [9.17, 15) is 0 Å². The van der Waals surface area contributed by atoms with E-state index in [1.54, 1.807) is 0 Å². The largest absolute Gasteiger partial charge is 0.379 e. The van der Waals surface area contributed by atoms with Gasteiger partial charge in [0.05, 0.1) is 30.2 Å². The molecule has 1 saturated heterocycles. The maximum Gasteiger partial charge on any atom is 0.116 e. The number of ether oxygens (including phenoxy) is 1. The topological polar surface area (TPSA) is 53.1 Å². The molecule has 2 N–H and O–H groups in total. The summed E-state index contributed by atoms with van der Waals surface area (Å²) in [6.45, 7) is 1.29. The lowest BCUT2D eigenvalue weighted by Crippen LogP contribution is -2.28. The molecule has 5 heteroatoms. The van der Waals surface area contributed by atoms with Gasteiger partial charge in [0.25, 0.3) is 0 Å². The predicted molar refractivity (Wildman–Crippen MR) is 69.9 cm³/mol. The zero-order valence-corrected chi connectivity index (χ0v) is 11.1. The number of imidazole rings is 1. The van der Waals surface area contributed by atoms with Crippen LogP contribution in [0.4, 0.5) is 0 Å². The second kappa shape index (κ2) is 4.08. The highest BCUT2D eigenvalue weighted by Gasteiger charge is 2.30. The van der Waals surface area contributed by atoms with Gasteiger partial charge in [0, 0.05) is 17.6 Å². The van der Waals surface area contributed by atoms with Crippen LogP contribution in [-0.4, -0.2) is 28.8 Å². The Morgan fingerprint density at radius 2 is 2.29 bits per heavy atom. The molecule has 0 aliphatic carbocycles. The Morgan fingerprint density at radius 3 is 3.00 bits per heavy atom. The summed E-state index contributed by atoms with van der Waals surface area (Å²) < 4.78 is 8.57. The van der Waals surface area contributed by atoms with Gasteiger partial charge in [0.2, 0.25) is 0 Å². The number of aryl methyl sites for hydroxylation is 1. The van der Waals surface area contributed by atoms with Crippen molar-refractivity contribution in [2.24, 2.45) is 12.8 Å². The average Bonchev–Trinajstić information content (AvgIpc) is 2.83. The van der Waals surface area contributed by atoms with Crippen LogP contribution in [-0.2, 0) is 11.8 Å². The SMILES string of the molecule is Cn1c(C2COCC2N)nc2cc(Br)ccc21. The molecular weight excluding hydrogens is 282 g/mol. The minimum atomic E-state index is 0.0500.